The first kappa shape index (κ1) is 20.5. The van der Waals surface area contributed by atoms with Crippen molar-refractivity contribution in [3.05, 3.63) is 82.9 Å². The van der Waals surface area contributed by atoms with E-state index in [9.17, 15) is 9.59 Å². The van der Waals surface area contributed by atoms with Crippen molar-refractivity contribution in [2.24, 2.45) is 0 Å². The molecule has 2 aromatic heterocycles. The first-order valence-corrected chi connectivity index (χ1v) is 10.2. The van der Waals surface area contributed by atoms with Crippen LogP contribution in [0.4, 0.5) is 0 Å². The lowest BCUT2D eigenvalue weighted by molar-refractivity contribution is -0.121. The summed E-state index contributed by atoms with van der Waals surface area (Å²) in [6, 6.07) is 13.3. The van der Waals surface area contributed by atoms with Crippen molar-refractivity contribution in [2.45, 2.75) is 39.3 Å². The summed E-state index contributed by atoms with van der Waals surface area (Å²) < 4.78 is 3.25. The Balaban J connectivity index is 1.32. The minimum atomic E-state index is -0.120. The summed E-state index contributed by atoms with van der Waals surface area (Å²) in [5.41, 5.74) is 3.54. The van der Waals surface area contributed by atoms with E-state index in [-0.39, 0.29) is 17.5 Å². The van der Waals surface area contributed by atoms with E-state index in [1.807, 2.05) is 50.2 Å². The van der Waals surface area contributed by atoms with Gasteiger partial charge >= 0.3 is 0 Å². The van der Waals surface area contributed by atoms with Gasteiger partial charge < -0.3 is 5.32 Å². The molecule has 2 aromatic carbocycles. The van der Waals surface area contributed by atoms with Crippen LogP contribution in [-0.4, -0.2) is 30.2 Å². The predicted octanol–water partition coefficient (Wildman–Crippen LogP) is 2.94. The van der Waals surface area contributed by atoms with Crippen molar-refractivity contribution in [2.75, 3.05) is 0 Å². The number of fused-ring (bicyclic) bond motifs is 1. The molecule has 31 heavy (non-hydrogen) atoms. The summed E-state index contributed by atoms with van der Waals surface area (Å²) >= 11 is 0. The van der Waals surface area contributed by atoms with E-state index in [1.54, 1.807) is 28.0 Å². The van der Waals surface area contributed by atoms with Crippen LogP contribution in [0, 0.1) is 6.92 Å². The van der Waals surface area contributed by atoms with Gasteiger partial charge in [-0.3, -0.25) is 14.2 Å². The average Bonchev–Trinajstić information content (AvgIpc) is 3.31. The maximum Gasteiger partial charge on any atom is 0.261 e. The summed E-state index contributed by atoms with van der Waals surface area (Å²) in [5.74, 6) is -0.0505. The lowest BCUT2D eigenvalue weighted by atomic mass is 10.1. The van der Waals surface area contributed by atoms with E-state index in [0.717, 1.165) is 22.3 Å². The van der Waals surface area contributed by atoms with Crippen LogP contribution in [0.5, 0.6) is 0 Å². The molecule has 0 bridgehead atoms. The van der Waals surface area contributed by atoms with Crippen molar-refractivity contribution in [3.8, 4) is 5.69 Å². The topological polar surface area (TPSA) is 94.7 Å². The number of para-hydroxylation sites is 1. The number of nitrogens with one attached hydrogen (secondary N) is 1. The van der Waals surface area contributed by atoms with Crippen molar-refractivity contribution in [1.29, 1.82) is 0 Å². The number of aromatic nitrogens is 5. The first-order chi connectivity index (χ1) is 15.0. The van der Waals surface area contributed by atoms with E-state index in [1.165, 1.54) is 6.33 Å². The van der Waals surface area contributed by atoms with Crippen LogP contribution in [0.15, 0.2) is 66.2 Å². The van der Waals surface area contributed by atoms with Crippen molar-refractivity contribution in [1.82, 2.24) is 29.6 Å². The van der Waals surface area contributed by atoms with Crippen molar-refractivity contribution >= 4 is 16.8 Å². The molecular weight excluding hydrogens is 392 g/mol. The van der Waals surface area contributed by atoms with Gasteiger partial charge in [0.1, 0.15) is 12.7 Å². The third-order valence-electron chi connectivity index (χ3n) is 5.31. The molecule has 0 aliphatic carbocycles. The highest BCUT2D eigenvalue weighted by molar-refractivity contribution is 5.80. The zero-order valence-electron chi connectivity index (χ0n) is 17.5. The largest absolute Gasteiger partial charge is 0.350 e. The van der Waals surface area contributed by atoms with Gasteiger partial charge in [-0.15, -0.1) is 0 Å². The molecule has 0 saturated carbocycles. The molecule has 4 aromatic rings. The van der Waals surface area contributed by atoms with E-state index >= 15 is 0 Å². The van der Waals surface area contributed by atoms with Crippen LogP contribution in [0.2, 0.25) is 0 Å². The summed E-state index contributed by atoms with van der Waals surface area (Å²) in [7, 11) is 0. The van der Waals surface area contributed by atoms with Gasteiger partial charge in [0, 0.05) is 13.0 Å². The third-order valence-corrected chi connectivity index (χ3v) is 5.31. The lowest BCUT2D eigenvalue weighted by Gasteiger charge is -2.15. The molecule has 8 heteroatoms. The van der Waals surface area contributed by atoms with Crippen molar-refractivity contribution < 1.29 is 4.79 Å². The highest BCUT2D eigenvalue weighted by Gasteiger charge is 2.11. The minimum Gasteiger partial charge on any atom is -0.350 e. The van der Waals surface area contributed by atoms with Gasteiger partial charge in [0.15, 0.2) is 0 Å². The van der Waals surface area contributed by atoms with E-state index in [4.69, 9.17) is 0 Å². The molecule has 0 saturated heterocycles. The molecule has 0 radical (unpaired) electrons. The van der Waals surface area contributed by atoms with Crippen LogP contribution in [0.1, 0.15) is 36.9 Å². The number of benzene rings is 2. The highest BCUT2D eigenvalue weighted by atomic mass is 16.1. The second kappa shape index (κ2) is 8.91. The Morgan fingerprint density at radius 2 is 1.94 bits per heavy atom. The maximum absolute atomic E-state index is 12.6. The van der Waals surface area contributed by atoms with Gasteiger partial charge in [-0.05, 0) is 49.6 Å². The number of hydrogen-bond acceptors (Lipinski definition) is 5. The highest BCUT2D eigenvalue weighted by Crippen LogP contribution is 2.16. The van der Waals surface area contributed by atoms with Crippen LogP contribution >= 0.6 is 0 Å². The molecule has 0 fully saturated rings. The molecule has 0 spiro atoms. The van der Waals surface area contributed by atoms with Gasteiger partial charge in [-0.1, -0.05) is 24.3 Å². The van der Waals surface area contributed by atoms with E-state index in [0.29, 0.717) is 24.8 Å². The number of hydrogen-bond donors (Lipinski definition) is 1. The molecular formula is C23H24N6O2. The van der Waals surface area contributed by atoms with Crippen LogP contribution in [0.25, 0.3) is 16.6 Å². The number of carbonyl (C=O) groups excluding carboxylic acids is 1. The van der Waals surface area contributed by atoms with Crippen molar-refractivity contribution in [3.63, 3.8) is 0 Å². The Bertz CT molecular complexity index is 1250. The second-order valence-electron chi connectivity index (χ2n) is 7.54. The predicted molar refractivity (Wildman–Crippen MR) is 118 cm³/mol. The Kier molecular flexibility index (Phi) is 5.88. The normalized spacial score (nSPS) is 12.1. The zero-order valence-corrected chi connectivity index (χ0v) is 17.5. The van der Waals surface area contributed by atoms with Gasteiger partial charge in [-0.25, -0.2) is 14.6 Å². The first-order valence-electron chi connectivity index (χ1n) is 10.2. The second-order valence-corrected chi connectivity index (χ2v) is 7.54. The summed E-state index contributed by atoms with van der Waals surface area (Å²) in [4.78, 5) is 33.4. The lowest BCUT2D eigenvalue weighted by Crippen LogP contribution is -2.27. The minimum absolute atomic E-state index is 0.0505. The quantitative estimate of drug-likeness (QED) is 0.500. The Hall–Kier alpha value is -3.81. The molecule has 0 unspecified atom stereocenters. The fraction of sp³-hybridized carbons (Fsp3) is 0.261. The van der Waals surface area contributed by atoms with Gasteiger partial charge in [0.05, 0.1) is 29.0 Å². The molecule has 158 valence electrons. The third kappa shape index (κ3) is 4.53. The standard InChI is InChI=1S/C23H24N6O2/c1-16-5-3-6-20-22(16)25-15-28(23(20)31)12-4-7-21(30)27-17(2)18-8-10-19(11-9-18)29-14-24-13-26-29/h3,5-6,8-11,13-15,17H,4,7,12H2,1-2H3,(H,27,30)/t17-/m1/s1. The van der Waals surface area contributed by atoms with E-state index < -0.39 is 0 Å². The number of nitrogens with zero attached hydrogens (tertiary/aromatic N) is 5. The molecule has 1 atom stereocenters. The SMILES string of the molecule is Cc1cccc2c(=O)n(CCCC(=O)N[C@H](C)c3ccc(-n4cncn4)cc3)cnc12. The maximum atomic E-state index is 12.6. The van der Waals surface area contributed by atoms with Gasteiger partial charge in [0.25, 0.3) is 5.56 Å². The zero-order chi connectivity index (χ0) is 21.8. The van der Waals surface area contributed by atoms with Crippen LogP contribution in [0.3, 0.4) is 0 Å². The van der Waals surface area contributed by atoms with Gasteiger partial charge in [0.2, 0.25) is 5.91 Å². The Morgan fingerprint density at radius 3 is 2.68 bits per heavy atom. The number of rotatable bonds is 7. The molecule has 8 nitrogen and oxygen atoms in total. The molecule has 1 N–H and O–H groups in total. The van der Waals surface area contributed by atoms with Gasteiger partial charge in [-0.2, -0.15) is 5.10 Å². The molecule has 1 amide bonds. The average molecular weight is 416 g/mol. The smallest absolute Gasteiger partial charge is 0.261 e. The number of carbonyl (C=O) groups is 1. The van der Waals surface area contributed by atoms with Crippen LogP contribution < -0.4 is 10.9 Å². The fourth-order valence-electron chi connectivity index (χ4n) is 3.56. The van der Waals surface area contributed by atoms with Crippen LogP contribution in [-0.2, 0) is 11.3 Å². The Labute approximate surface area is 179 Å². The van der Waals surface area contributed by atoms with E-state index in [2.05, 4.69) is 20.4 Å². The number of aryl methyl sites for hydroxylation is 2. The molecule has 2 heterocycles. The fourth-order valence-corrected chi connectivity index (χ4v) is 3.56. The molecule has 0 aliphatic heterocycles. The summed E-state index contributed by atoms with van der Waals surface area (Å²) in [6.07, 6.45) is 5.58. The molecule has 4 rings (SSSR count). The monoisotopic (exact) mass is 416 g/mol. The summed E-state index contributed by atoms with van der Waals surface area (Å²) in [6.45, 7) is 4.33. The Morgan fingerprint density at radius 1 is 1.13 bits per heavy atom. The number of amides is 1. The summed E-state index contributed by atoms with van der Waals surface area (Å²) in [5, 5.41) is 7.72. The molecule has 0 aliphatic rings.